The monoisotopic (exact) mass is 306 g/mol. The molecule has 2 aromatic heterocycles. The van der Waals surface area contributed by atoms with Crippen molar-refractivity contribution in [2.24, 2.45) is 7.05 Å². The van der Waals surface area contributed by atoms with E-state index in [4.69, 9.17) is 0 Å². The number of aryl methyl sites for hydroxylation is 1. The third-order valence-corrected chi connectivity index (χ3v) is 4.76. The smallest absolute Gasteiger partial charge is 0.126 e. The molecular formula is C16H26N4S. The summed E-state index contributed by atoms with van der Waals surface area (Å²) in [7, 11) is 2.05. The first-order valence-electron chi connectivity index (χ1n) is 7.92. The van der Waals surface area contributed by atoms with Crippen molar-refractivity contribution in [2.45, 2.75) is 64.7 Å². The number of rotatable bonds is 8. The van der Waals surface area contributed by atoms with E-state index in [0.717, 1.165) is 11.4 Å². The number of hydrogen-bond acceptors (Lipinski definition) is 4. The van der Waals surface area contributed by atoms with Gasteiger partial charge in [-0.05, 0) is 30.4 Å². The second-order valence-electron chi connectivity index (χ2n) is 6.10. The maximum absolute atomic E-state index is 4.65. The summed E-state index contributed by atoms with van der Waals surface area (Å²) >= 11 is 1.37. The van der Waals surface area contributed by atoms with Crippen molar-refractivity contribution in [3.8, 4) is 11.4 Å². The summed E-state index contributed by atoms with van der Waals surface area (Å²) in [6, 6.07) is 2.21. The van der Waals surface area contributed by atoms with Gasteiger partial charge in [0.05, 0.1) is 0 Å². The lowest BCUT2D eigenvalue weighted by Gasteiger charge is -2.29. The zero-order valence-electron chi connectivity index (χ0n) is 13.6. The molecule has 2 rings (SSSR count). The minimum atomic E-state index is 0.202. The van der Waals surface area contributed by atoms with Crippen molar-refractivity contribution in [1.82, 2.24) is 19.4 Å². The molecule has 4 nitrogen and oxygen atoms in total. The van der Waals surface area contributed by atoms with Crippen LogP contribution in [0.3, 0.4) is 0 Å². The first-order valence-corrected chi connectivity index (χ1v) is 8.76. The summed E-state index contributed by atoms with van der Waals surface area (Å²) in [4.78, 5) is 0. The second kappa shape index (κ2) is 7.16. The summed E-state index contributed by atoms with van der Waals surface area (Å²) in [6.45, 7) is 6.90. The van der Waals surface area contributed by atoms with Crippen LogP contribution >= 0.6 is 11.5 Å². The molecule has 2 aromatic rings. The summed E-state index contributed by atoms with van der Waals surface area (Å²) in [6.07, 6.45) is 7.48. The van der Waals surface area contributed by atoms with Crippen LogP contribution in [0.5, 0.6) is 0 Å². The van der Waals surface area contributed by atoms with Crippen molar-refractivity contribution in [1.29, 1.82) is 0 Å². The van der Waals surface area contributed by atoms with Gasteiger partial charge < -0.3 is 0 Å². The summed E-state index contributed by atoms with van der Waals surface area (Å²) in [5, 5.41) is 10.7. The van der Waals surface area contributed by atoms with Gasteiger partial charge in [0.1, 0.15) is 11.4 Å². The lowest BCUT2D eigenvalue weighted by atomic mass is 9.77. The number of unbranched alkanes of at least 4 members (excludes halogenated alkanes) is 2. The molecule has 0 N–H and O–H groups in total. The van der Waals surface area contributed by atoms with Crippen molar-refractivity contribution >= 4 is 11.5 Å². The summed E-state index contributed by atoms with van der Waals surface area (Å²) < 4.78 is 5.98. The highest BCUT2D eigenvalue weighted by atomic mass is 32.1. The molecule has 0 bridgehead atoms. The molecule has 0 aliphatic heterocycles. The van der Waals surface area contributed by atoms with Gasteiger partial charge in [0, 0.05) is 23.5 Å². The Morgan fingerprint density at radius 3 is 2.57 bits per heavy atom. The fourth-order valence-corrected chi connectivity index (χ4v) is 3.58. The highest BCUT2D eigenvalue weighted by Gasteiger charge is 2.29. The number of nitrogens with zero attached hydrogens (tertiary/aromatic N) is 4. The quantitative estimate of drug-likeness (QED) is 0.671. The van der Waals surface area contributed by atoms with Crippen LogP contribution in [0.15, 0.2) is 11.4 Å². The number of hydrogen-bond donors (Lipinski definition) is 0. The van der Waals surface area contributed by atoms with Crippen molar-refractivity contribution in [3.63, 3.8) is 0 Å². The van der Waals surface area contributed by atoms with E-state index < -0.39 is 0 Å². The van der Waals surface area contributed by atoms with Crippen LogP contribution in [0.25, 0.3) is 11.4 Å². The van der Waals surface area contributed by atoms with E-state index in [1.54, 1.807) is 0 Å². The van der Waals surface area contributed by atoms with E-state index in [1.807, 2.05) is 17.1 Å². The maximum Gasteiger partial charge on any atom is 0.126 e. The lowest BCUT2D eigenvalue weighted by molar-refractivity contribution is 0.355. The fourth-order valence-electron chi connectivity index (χ4n) is 3.13. The average molecular weight is 306 g/mol. The van der Waals surface area contributed by atoms with E-state index >= 15 is 0 Å². The fraction of sp³-hybridized carbons (Fsp3) is 0.688. The molecule has 1 atom stereocenters. The zero-order valence-corrected chi connectivity index (χ0v) is 14.4. The Hall–Kier alpha value is -1.23. The van der Waals surface area contributed by atoms with Gasteiger partial charge in [-0.1, -0.05) is 50.9 Å². The highest BCUT2D eigenvalue weighted by molar-refractivity contribution is 7.03. The predicted molar refractivity (Wildman–Crippen MR) is 88.5 cm³/mol. The summed E-state index contributed by atoms with van der Waals surface area (Å²) in [5.74, 6) is 0. The van der Waals surface area contributed by atoms with Crippen molar-refractivity contribution < 1.29 is 0 Å². The van der Waals surface area contributed by atoms with Crippen LogP contribution in [0.1, 0.15) is 65.0 Å². The lowest BCUT2D eigenvalue weighted by Crippen LogP contribution is -2.25. The van der Waals surface area contributed by atoms with Gasteiger partial charge in [0.2, 0.25) is 0 Å². The van der Waals surface area contributed by atoms with Gasteiger partial charge in [-0.3, -0.25) is 4.68 Å². The average Bonchev–Trinajstić information content (AvgIpc) is 3.08. The SMILES string of the molecule is CCCCCC(C)(CCC)c1cc(-c2csnn2)nn1C. The molecule has 0 aromatic carbocycles. The molecule has 0 amide bonds. The molecule has 5 heteroatoms. The van der Waals surface area contributed by atoms with Crippen molar-refractivity contribution in [2.75, 3.05) is 0 Å². The molecule has 1 unspecified atom stereocenters. The van der Waals surface area contributed by atoms with E-state index in [1.165, 1.54) is 55.8 Å². The first kappa shape index (κ1) is 16.1. The molecule has 2 heterocycles. The van der Waals surface area contributed by atoms with Crippen LogP contribution in [0, 0.1) is 0 Å². The van der Waals surface area contributed by atoms with Crippen LogP contribution in [-0.2, 0) is 12.5 Å². The molecule has 21 heavy (non-hydrogen) atoms. The summed E-state index contributed by atoms with van der Waals surface area (Å²) in [5.41, 5.74) is 3.35. The van der Waals surface area contributed by atoms with Crippen LogP contribution in [-0.4, -0.2) is 19.4 Å². The Balaban J connectivity index is 2.27. The minimum absolute atomic E-state index is 0.202. The van der Waals surface area contributed by atoms with Gasteiger partial charge in [-0.15, -0.1) is 5.10 Å². The molecule has 0 fully saturated rings. The van der Waals surface area contributed by atoms with E-state index in [2.05, 4.69) is 41.5 Å². The van der Waals surface area contributed by atoms with Crippen LogP contribution in [0.4, 0.5) is 0 Å². The highest BCUT2D eigenvalue weighted by Crippen LogP contribution is 2.36. The Labute approximate surface area is 131 Å². The van der Waals surface area contributed by atoms with Crippen molar-refractivity contribution in [3.05, 3.63) is 17.1 Å². The van der Waals surface area contributed by atoms with Gasteiger partial charge in [-0.2, -0.15) is 5.10 Å². The molecule has 116 valence electrons. The predicted octanol–water partition coefficient (Wildman–Crippen LogP) is 4.58. The van der Waals surface area contributed by atoms with Gasteiger partial charge >= 0.3 is 0 Å². The second-order valence-corrected chi connectivity index (χ2v) is 6.71. The number of aromatic nitrogens is 4. The minimum Gasteiger partial charge on any atom is -0.271 e. The molecular weight excluding hydrogens is 280 g/mol. The third-order valence-electron chi connectivity index (χ3n) is 4.25. The molecule has 0 saturated carbocycles. The Kier molecular flexibility index (Phi) is 5.51. The van der Waals surface area contributed by atoms with E-state index in [9.17, 15) is 0 Å². The topological polar surface area (TPSA) is 43.6 Å². The molecule has 0 aliphatic carbocycles. The molecule has 0 saturated heterocycles. The Morgan fingerprint density at radius 2 is 1.95 bits per heavy atom. The normalized spacial score (nSPS) is 14.3. The van der Waals surface area contributed by atoms with Gasteiger partial charge in [0.15, 0.2) is 0 Å². The Bertz CT molecular complexity index is 547. The standard InChI is InChI=1S/C16H26N4S/c1-5-7-8-10-16(3,9-6-2)15-11-13(18-20(15)4)14-12-21-19-17-14/h11-12H,5-10H2,1-4H3. The van der Waals surface area contributed by atoms with Crippen LogP contribution < -0.4 is 0 Å². The Morgan fingerprint density at radius 1 is 1.14 bits per heavy atom. The van der Waals surface area contributed by atoms with Gasteiger partial charge in [0.25, 0.3) is 0 Å². The third kappa shape index (κ3) is 3.70. The largest absolute Gasteiger partial charge is 0.271 e. The maximum atomic E-state index is 4.65. The molecule has 0 aliphatic rings. The first-order chi connectivity index (χ1) is 10.1. The van der Waals surface area contributed by atoms with Gasteiger partial charge in [-0.25, -0.2) is 0 Å². The van der Waals surface area contributed by atoms with E-state index in [-0.39, 0.29) is 5.41 Å². The zero-order chi connectivity index (χ0) is 15.3. The molecule has 0 radical (unpaired) electrons. The molecule has 0 spiro atoms. The van der Waals surface area contributed by atoms with Crippen LogP contribution in [0.2, 0.25) is 0 Å². The van der Waals surface area contributed by atoms with E-state index in [0.29, 0.717) is 0 Å².